The molecule has 0 radical (unpaired) electrons. The van der Waals surface area contributed by atoms with Crippen LogP contribution >= 0.6 is 0 Å². The molecule has 0 aromatic heterocycles. The Morgan fingerprint density at radius 1 is 1.21 bits per heavy atom. The third-order valence-corrected chi connectivity index (χ3v) is 5.81. The molecule has 1 amide bonds. The molecular weight excluding hydrogens is 392 g/mol. The highest BCUT2D eigenvalue weighted by molar-refractivity contribution is 7.90. The van der Waals surface area contributed by atoms with E-state index >= 15 is 0 Å². The van der Waals surface area contributed by atoms with Gasteiger partial charge in [0.05, 0.1) is 24.2 Å². The molecule has 29 heavy (non-hydrogen) atoms. The second kappa shape index (κ2) is 8.95. The van der Waals surface area contributed by atoms with Crippen molar-refractivity contribution in [3.8, 4) is 5.75 Å². The SMILES string of the molecule is COc1ccccc1N(C)CC(=O)Nc1cccc(S(=O)(=O)NC2=NCCC2)c1. The summed E-state index contributed by atoms with van der Waals surface area (Å²) in [5, 5.41) is 2.74. The van der Waals surface area contributed by atoms with E-state index in [-0.39, 0.29) is 17.3 Å². The van der Waals surface area contributed by atoms with Gasteiger partial charge in [-0.25, -0.2) is 8.42 Å². The van der Waals surface area contributed by atoms with Crippen molar-refractivity contribution in [1.29, 1.82) is 0 Å². The molecule has 2 N–H and O–H groups in total. The lowest BCUT2D eigenvalue weighted by Crippen LogP contribution is -2.31. The number of carbonyl (C=O) groups is 1. The summed E-state index contributed by atoms with van der Waals surface area (Å²) >= 11 is 0. The number of amides is 1. The molecule has 3 rings (SSSR count). The molecule has 2 aromatic rings. The summed E-state index contributed by atoms with van der Waals surface area (Å²) in [6.07, 6.45) is 1.46. The number of benzene rings is 2. The van der Waals surface area contributed by atoms with Crippen LogP contribution in [0.5, 0.6) is 5.75 Å². The van der Waals surface area contributed by atoms with E-state index in [2.05, 4.69) is 15.0 Å². The molecule has 0 aliphatic carbocycles. The van der Waals surface area contributed by atoms with E-state index in [0.29, 0.717) is 30.2 Å². The average molecular weight is 417 g/mol. The Bertz CT molecular complexity index is 1020. The quantitative estimate of drug-likeness (QED) is 0.721. The Kier molecular flexibility index (Phi) is 6.38. The maximum atomic E-state index is 12.5. The van der Waals surface area contributed by atoms with Gasteiger partial charge in [0.2, 0.25) is 5.91 Å². The number of anilines is 2. The van der Waals surface area contributed by atoms with Crippen molar-refractivity contribution < 1.29 is 17.9 Å². The van der Waals surface area contributed by atoms with Crippen LogP contribution in [-0.2, 0) is 14.8 Å². The van der Waals surface area contributed by atoms with Gasteiger partial charge in [0.1, 0.15) is 11.6 Å². The molecular formula is C20H24N4O4S. The number of sulfonamides is 1. The fraction of sp³-hybridized carbons (Fsp3) is 0.300. The molecule has 0 unspecified atom stereocenters. The van der Waals surface area contributed by atoms with Crippen LogP contribution in [0.1, 0.15) is 12.8 Å². The van der Waals surface area contributed by atoms with Gasteiger partial charge in [0, 0.05) is 25.7 Å². The van der Waals surface area contributed by atoms with E-state index in [9.17, 15) is 13.2 Å². The van der Waals surface area contributed by atoms with E-state index in [4.69, 9.17) is 4.74 Å². The second-order valence-electron chi connectivity index (χ2n) is 6.64. The van der Waals surface area contributed by atoms with Gasteiger partial charge < -0.3 is 15.0 Å². The molecule has 0 fully saturated rings. The van der Waals surface area contributed by atoms with Crippen molar-refractivity contribution >= 4 is 33.1 Å². The van der Waals surface area contributed by atoms with Gasteiger partial charge in [0.25, 0.3) is 10.0 Å². The van der Waals surface area contributed by atoms with Crippen LogP contribution in [0.25, 0.3) is 0 Å². The van der Waals surface area contributed by atoms with Crippen LogP contribution in [0.15, 0.2) is 58.4 Å². The minimum Gasteiger partial charge on any atom is -0.495 e. The van der Waals surface area contributed by atoms with E-state index in [0.717, 1.165) is 12.1 Å². The van der Waals surface area contributed by atoms with Crippen molar-refractivity contribution in [1.82, 2.24) is 4.72 Å². The maximum Gasteiger partial charge on any atom is 0.262 e. The van der Waals surface area contributed by atoms with Gasteiger partial charge in [-0.15, -0.1) is 0 Å². The molecule has 1 heterocycles. The summed E-state index contributed by atoms with van der Waals surface area (Å²) < 4.78 is 32.9. The summed E-state index contributed by atoms with van der Waals surface area (Å²) in [4.78, 5) is 18.4. The molecule has 1 aliphatic rings. The number of rotatable bonds is 7. The summed E-state index contributed by atoms with van der Waals surface area (Å²) in [6.45, 7) is 0.708. The molecule has 8 nitrogen and oxygen atoms in total. The Hall–Kier alpha value is -3.07. The van der Waals surface area contributed by atoms with Gasteiger partial charge in [-0.2, -0.15) is 0 Å². The first-order valence-electron chi connectivity index (χ1n) is 9.19. The van der Waals surface area contributed by atoms with Gasteiger partial charge in [-0.05, 0) is 36.8 Å². The molecule has 9 heteroatoms. The third kappa shape index (κ3) is 5.26. The largest absolute Gasteiger partial charge is 0.495 e. The Labute approximate surface area is 170 Å². The number of carbonyl (C=O) groups excluding carboxylic acids is 1. The Morgan fingerprint density at radius 3 is 2.72 bits per heavy atom. The molecule has 1 aliphatic heterocycles. The van der Waals surface area contributed by atoms with Crippen molar-refractivity contribution in [2.45, 2.75) is 17.7 Å². The number of para-hydroxylation sites is 2. The van der Waals surface area contributed by atoms with Crippen molar-refractivity contribution in [3.05, 3.63) is 48.5 Å². The number of likely N-dealkylation sites (N-methyl/N-ethyl adjacent to an activating group) is 1. The van der Waals surface area contributed by atoms with Gasteiger partial charge in [-0.1, -0.05) is 18.2 Å². The number of nitrogens with zero attached hydrogens (tertiary/aromatic N) is 2. The lowest BCUT2D eigenvalue weighted by molar-refractivity contribution is -0.114. The maximum absolute atomic E-state index is 12.5. The number of ether oxygens (including phenoxy) is 1. The lowest BCUT2D eigenvalue weighted by Gasteiger charge is -2.21. The number of amidine groups is 1. The predicted octanol–water partition coefficient (Wildman–Crippen LogP) is 2.24. The molecule has 0 bridgehead atoms. The van der Waals surface area contributed by atoms with E-state index in [1.807, 2.05) is 24.3 Å². The Morgan fingerprint density at radius 2 is 2.00 bits per heavy atom. The first-order valence-corrected chi connectivity index (χ1v) is 10.7. The first kappa shape index (κ1) is 20.7. The van der Waals surface area contributed by atoms with Crippen LogP contribution in [0, 0.1) is 0 Å². The monoisotopic (exact) mass is 416 g/mol. The normalized spacial score (nSPS) is 13.5. The fourth-order valence-corrected chi connectivity index (χ4v) is 4.16. The van der Waals surface area contributed by atoms with Crippen LogP contribution < -0.4 is 19.7 Å². The van der Waals surface area contributed by atoms with Crippen LogP contribution in [0.2, 0.25) is 0 Å². The first-order chi connectivity index (χ1) is 13.9. The van der Waals surface area contributed by atoms with Gasteiger partial charge in [0.15, 0.2) is 0 Å². The van der Waals surface area contributed by atoms with Crippen LogP contribution in [0.4, 0.5) is 11.4 Å². The second-order valence-corrected chi connectivity index (χ2v) is 8.32. The zero-order chi connectivity index (χ0) is 20.9. The standard InChI is InChI=1S/C20H24N4O4S/c1-24(17-9-3-4-10-18(17)28-2)14-20(25)22-15-7-5-8-16(13-15)29(26,27)23-19-11-6-12-21-19/h3-5,7-10,13H,6,11-12,14H2,1-2H3,(H,21,23)(H,22,25). The van der Waals surface area contributed by atoms with E-state index in [1.165, 1.54) is 12.1 Å². The molecule has 0 atom stereocenters. The number of aliphatic imine (C=N–C) groups is 1. The van der Waals surface area contributed by atoms with Crippen LogP contribution in [-0.4, -0.2) is 47.4 Å². The Balaban J connectivity index is 1.67. The molecule has 0 saturated carbocycles. The van der Waals surface area contributed by atoms with Gasteiger partial charge in [-0.3, -0.25) is 14.5 Å². The summed E-state index contributed by atoms with van der Waals surface area (Å²) in [6, 6.07) is 13.5. The molecule has 154 valence electrons. The van der Waals surface area contributed by atoms with E-state index < -0.39 is 10.0 Å². The smallest absolute Gasteiger partial charge is 0.262 e. The van der Waals surface area contributed by atoms with Crippen molar-refractivity contribution in [3.63, 3.8) is 0 Å². The number of hydrogen-bond donors (Lipinski definition) is 2. The minimum atomic E-state index is -3.74. The van der Waals surface area contributed by atoms with Gasteiger partial charge >= 0.3 is 0 Å². The summed E-state index contributed by atoms with van der Waals surface area (Å²) in [7, 11) is -0.381. The van der Waals surface area contributed by atoms with Crippen LogP contribution in [0.3, 0.4) is 0 Å². The number of hydrogen-bond acceptors (Lipinski definition) is 6. The zero-order valence-corrected chi connectivity index (χ0v) is 17.2. The summed E-state index contributed by atoms with van der Waals surface area (Å²) in [5.74, 6) is 0.857. The fourth-order valence-electron chi connectivity index (χ4n) is 3.02. The highest BCUT2D eigenvalue weighted by Gasteiger charge is 2.19. The van der Waals surface area contributed by atoms with E-state index in [1.54, 1.807) is 31.2 Å². The predicted molar refractivity (Wildman–Crippen MR) is 113 cm³/mol. The van der Waals surface area contributed by atoms with Crippen molar-refractivity contribution in [2.24, 2.45) is 4.99 Å². The minimum absolute atomic E-state index is 0.0722. The number of methoxy groups -OCH3 is 1. The number of nitrogens with one attached hydrogen (secondary N) is 2. The average Bonchev–Trinajstić information content (AvgIpc) is 3.20. The van der Waals surface area contributed by atoms with Crippen molar-refractivity contribution in [2.75, 3.05) is 37.5 Å². The lowest BCUT2D eigenvalue weighted by atomic mass is 10.2. The highest BCUT2D eigenvalue weighted by atomic mass is 32.2. The topological polar surface area (TPSA) is 100 Å². The molecule has 0 saturated heterocycles. The summed E-state index contributed by atoms with van der Waals surface area (Å²) in [5.41, 5.74) is 1.18. The third-order valence-electron chi connectivity index (χ3n) is 4.43. The highest BCUT2D eigenvalue weighted by Crippen LogP contribution is 2.26. The molecule has 2 aromatic carbocycles. The molecule has 0 spiro atoms. The zero-order valence-electron chi connectivity index (χ0n) is 16.4.